The minimum Gasteiger partial charge on any atom is -0.490 e. The third-order valence-electron chi connectivity index (χ3n) is 4.67. The van der Waals surface area contributed by atoms with Crippen LogP contribution in [0.3, 0.4) is 0 Å². The van der Waals surface area contributed by atoms with Gasteiger partial charge in [-0.1, -0.05) is 29.8 Å². The van der Waals surface area contributed by atoms with Gasteiger partial charge in [0.15, 0.2) is 23.9 Å². The van der Waals surface area contributed by atoms with Crippen LogP contribution >= 0.6 is 0 Å². The second kappa shape index (κ2) is 10.4. The molecule has 7 heteroatoms. The first-order valence-electron chi connectivity index (χ1n) is 10.3. The molecule has 0 aliphatic carbocycles. The van der Waals surface area contributed by atoms with Crippen molar-refractivity contribution < 1.29 is 19.1 Å². The van der Waals surface area contributed by atoms with Crippen LogP contribution < -0.4 is 14.8 Å². The van der Waals surface area contributed by atoms with Crippen molar-refractivity contribution in [2.75, 3.05) is 18.5 Å². The Morgan fingerprint density at radius 3 is 2.47 bits per heavy atom. The molecule has 166 valence electrons. The zero-order valence-corrected chi connectivity index (χ0v) is 18.7. The number of carbonyl (C=O) groups excluding carboxylic acids is 2. The van der Waals surface area contributed by atoms with E-state index in [0.29, 0.717) is 35.1 Å². The van der Waals surface area contributed by atoms with Crippen molar-refractivity contribution in [1.82, 2.24) is 9.78 Å². The topological polar surface area (TPSA) is 82.5 Å². The maximum absolute atomic E-state index is 12.4. The molecule has 1 amide bonds. The summed E-state index contributed by atoms with van der Waals surface area (Å²) in [5, 5.41) is 6.99. The van der Waals surface area contributed by atoms with Gasteiger partial charge in [-0.05, 0) is 56.7 Å². The zero-order chi connectivity index (χ0) is 23.1. The number of amides is 1. The van der Waals surface area contributed by atoms with Crippen molar-refractivity contribution in [3.63, 3.8) is 0 Å². The standard InChI is InChI=1S/C25H27N3O4/c1-5-31-24-14-19(8-12-22(29)21-15-28(4)27-18(21)3)9-13-23(24)32-16-25(30)26-20-10-6-17(2)7-11-20/h6-15H,5,16H2,1-4H3,(H,26,30)/b12-8+. The van der Waals surface area contributed by atoms with Crippen molar-refractivity contribution in [2.45, 2.75) is 20.8 Å². The van der Waals surface area contributed by atoms with Crippen molar-refractivity contribution in [1.29, 1.82) is 0 Å². The van der Waals surface area contributed by atoms with Crippen LogP contribution in [-0.4, -0.2) is 34.7 Å². The molecule has 3 aromatic rings. The number of carbonyl (C=O) groups is 2. The van der Waals surface area contributed by atoms with E-state index in [1.807, 2.05) is 38.1 Å². The van der Waals surface area contributed by atoms with E-state index in [1.54, 1.807) is 49.1 Å². The molecule has 0 atom stereocenters. The van der Waals surface area contributed by atoms with E-state index in [2.05, 4.69) is 10.4 Å². The number of nitrogens with one attached hydrogen (secondary N) is 1. The average Bonchev–Trinajstić information content (AvgIpc) is 3.11. The molecule has 1 N–H and O–H groups in total. The number of ether oxygens (including phenoxy) is 2. The predicted octanol–water partition coefficient (Wildman–Crippen LogP) is 4.35. The largest absolute Gasteiger partial charge is 0.490 e. The Kier molecular flexibility index (Phi) is 7.44. The molecular formula is C25H27N3O4. The first-order valence-corrected chi connectivity index (χ1v) is 10.3. The van der Waals surface area contributed by atoms with Crippen LogP contribution in [0.4, 0.5) is 5.69 Å². The summed E-state index contributed by atoms with van der Waals surface area (Å²) in [5.41, 5.74) is 3.85. The van der Waals surface area contributed by atoms with Crippen LogP contribution in [0.1, 0.15) is 34.1 Å². The fourth-order valence-electron chi connectivity index (χ4n) is 3.10. The van der Waals surface area contributed by atoms with E-state index in [1.165, 1.54) is 6.08 Å². The summed E-state index contributed by atoms with van der Waals surface area (Å²) in [4.78, 5) is 24.7. The predicted molar refractivity (Wildman–Crippen MR) is 124 cm³/mol. The number of hydrogen-bond acceptors (Lipinski definition) is 5. The number of aromatic nitrogens is 2. The summed E-state index contributed by atoms with van der Waals surface area (Å²) < 4.78 is 13.0. The Hall–Kier alpha value is -3.87. The highest BCUT2D eigenvalue weighted by Crippen LogP contribution is 2.29. The Balaban J connectivity index is 1.65. The minimum atomic E-state index is -0.266. The molecule has 0 fully saturated rings. The van der Waals surface area contributed by atoms with Gasteiger partial charge in [-0.25, -0.2) is 0 Å². The molecule has 0 aliphatic rings. The van der Waals surface area contributed by atoms with E-state index in [0.717, 1.165) is 11.1 Å². The Bertz CT molecular complexity index is 1130. The van der Waals surface area contributed by atoms with Crippen molar-refractivity contribution in [2.24, 2.45) is 7.05 Å². The van der Waals surface area contributed by atoms with Crippen LogP contribution in [0, 0.1) is 13.8 Å². The molecule has 1 aromatic heterocycles. The van der Waals surface area contributed by atoms with Gasteiger partial charge < -0.3 is 14.8 Å². The smallest absolute Gasteiger partial charge is 0.262 e. The van der Waals surface area contributed by atoms with Gasteiger partial charge in [0.2, 0.25) is 0 Å². The van der Waals surface area contributed by atoms with Crippen LogP contribution in [-0.2, 0) is 11.8 Å². The Morgan fingerprint density at radius 1 is 1.06 bits per heavy atom. The minimum absolute atomic E-state index is 0.123. The highest BCUT2D eigenvalue weighted by molar-refractivity contribution is 6.07. The Labute approximate surface area is 187 Å². The maximum Gasteiger partial charge on any atom is 0.262 e. The highest BCUT2D eigenvalue weighted by atomic mass is 16.5. The van der Waals surface area contributed by atoms with Gasteiger partial charge in [0.05, 0.1) is 17.9 Å². The molecule has 0 saturated carbocycles. The van der Waals surface area contributed by atoms with Crippen molar-refractivity contribution >= 4 is 23.5 Å². The quantitative estimate of drug-likeness (QED) is 0.401. The average molecular weight is 434 g/mol. The van der Waals surface area contributed by atoms with Gasteiger partial charge in [0.25, 0.3) is 5.91 Å². The normalized spacial score (nSPS) is 10.9. The molecule has 0 spiro atoms. The summed E-state index contributed by atoms with van der Waals surface area (Å²) in [6.07, 6.45) is 4.92. The second-order valence-electron chi connectivity index (χ2n) is 7.34. The molecule has 32 heavy (non-hydrogen) atoms. The number of rotatable bonds is 9. The van der Waals surface area contributed by atoms with E-state index >= 15 is 0 Å². The van der Waals surface area contributed by atoms with Crippen molar-refractivity contribution in [3.8, 4) is 11.5 Å². The van der Waals surface area contributed by atoms with Crippen LogP contribution in [0.15, 0.2) is 54.7 Å². The lowest BCUT2D eigenvalue weighted by Crippen LogP contribution is -2.20. The zero-order valence-electron chi connectivity index (χ0n) is 18.7. The molecule has 3 rings (SSSR count). The summed E-state index contributed by atoms with van der Waals surface area (Å²) in [6, 6.07) is 12.8. The summed E-state index contributed by atoms with van der Waals surface area (Å²) >= 11 is 0. The molecule has 0 aliphatic heterocycles. The number of nitrogens with zero attached hydrogens (tertiary/aromatic N) is 2. The van der Waals surface area contributed by atoms with Crippen LogP contribution in [0.25, 0.3) is 6.08 Å². The lowest BCUT2D eigenvalue weighted by Gasteiger charge is -2.13. The third-order valence-corrected chi connectivity index (χ3v) is 4.67. The molecule has 0 unspecified atom stereocenters. The second-order valence-corrected chi connectivity index (χ2v) is 7.34. The number of aryl methyl sites for hydroxylation is 3. The highest BCUT2D eigenvalue weighted by Gasteiger charge is 2.11. The van der Waals surface area contributed by atoms with Crippen LogP contribution in [0.5, 0.6) is 11.5 Å². The fourth-order valence-corrected chi connectivity index (χ4v) is 3.10. The SMILES string of the molecule is CCOc1cc(/C=C/C(=O)c2cn(C)nc2C)ccc1OCC(=O)Nc1ccc(C)cc1. The van der Waals surface area contributed by atoms with E-state index in [4.69, 9.17) is 9.47 Å². The number of benzene rings is 2. The van der Waals surface area contributed by atoms with E-state index in [9.17, 15) is 9.59 Å². The van der Waals surface area contributed by atoms with Gasteiger partial charge in [-0.3, -0.25) is 14.3 Å². The van der Waals surface area contributed by atoms with Gasteiger partial charge in [0.1, 0.15) is 0 Å². The molecule has 0 saturated heterocycles. The van der Waals surface area contributed by atoms with Crippen LogP contribution in [0.2, 0.25) is 0 Å². The molecule has 1 heterocycles. The van der Waals surface area contributed by atoms with E-state index in [-0.39, 0.29) is 18.3 Å². The number of anilines is 1. The van der Waals surface area contributed by atoms with E-state index < -0.39 is 0 Å². The number of ketones is 1. The van der Waals surface area contributed by atoms with Gasteiger partial charge in [-0.15, -0.1) is 0 Å². The van der Waals surface area contributed by atoms with Crippen molar-refractivity contribution in [3.05, 3.63) is 77.1 Å². The molecule has 0 bridgehead atoms. The van der Waals surface area contributed by atoms with Gasteiger partial charge in [0, 0.05) is 18.9 Å². The summed E-state index contributed by atoms with van der Waals surface area (Å²) in [6.45, 7) is 5.94. The first-order chi connectivity index (χ1) is 15.4. The lowest BCUT2D eigenvalue weighted by atomic mass is 10.1. The lowest BCUT2D eigenvalue weighted by molar-refractivity contribution is -0.118. The fraction of sp³-hybridized carbons (Fsp3) is 0.240. The molecule has 7 nitrogen and oxygen atoms in total. The monoisotopic (exact) mass is 433 g/mol. The summed E-state index contributed by atoms with van der Waals surface area (Å²) in [7, 11) is 1.78. The van der Waals surface area contributed by atoms with Gasteiger partial charge >= 0.3 is 0 Å². The first kappa shape index (κ1) is 22.8. The number of hydrogen-bond donors (Lipinski definition) is 1. The third kappa shape index (κ3) is 6.07. The van der Waals surface area contributed by atoms with Gasteiger partial charge in [-0.2, -0.15) is 5.10 Å². The Morgan fingerprint density at radius 2 is 1.81 bits per heavy atom. The summed E-state index contributed by atoms with van der Waals surface area (Å²) in [5.74, 6) is 0.569. The molecule has 0 radical (unpaired) electrons. The molecular weight excluding hydrogens is 406 g/mol. The number of allylic oxidation sites excluding steroid dienone is 1. The molecule has 2 aromatic carbocycles. The maximum atomic E-state index is 12.4.